The van der Waals surface area contributed by atoms with Gasteiger partial charge in [-0.2, -0.15) is 4.31 Å². The molecule has 2 heterocycles. The summed E-state index contributed by atoms with van der Waals surface area (Å²) in [4.78, 5) is 14.2. The van der Waals surface area contributed by atoms with Gasteiger partial charge in [0.2, 0.25) is 15.9 Å². The number of nitro groups is 1. The molecule has 1 aliphatic rings. The summed E-state index contributed by atoms with van der Waals surface area (Å²) in [5.41, 5.74) is 0.192. The lowest BCUT2D eigenvalue weighted by Crippen LogP contribution is -2.56. The van der Waals surface area contributed by atoms with Crippen molar-refractivity contribution >= 4 is 27.3 Å². The standard InChI is InChI=1S/C15H14ClN3O5S/c1-10-2-4-12(19(20)21)6-14(10)25(22,23)18-8-13(9-18)24-15-5-3-11(16)7-17-15/h2-7,13H,8-9H2,1H3. The van der Waals surface area contributed by atoms with Gasteiger partial charge in [-0.3, -0.25) is 10.1 Å². The minimum absolute atomic E-state index is 0.0650. The fourth-order valence-electron chi connectivity index (χ4n) is 2.39. The Morgan fingerprint density at radius 2 is 2.04 bits per heavy atom. The van der Waals surface area contributed by atoms with Crippen LogP contribution in [0.4, 0.5) is 5.69 Å². The molecule has 3 rings (SSSR count). The number of non-ortho nitro benzene ring substituents is 1. The zero-order valence-corrected chi connectivity index (χ0v) is 14.7. The Morgan fingerprint density at radius 1 is 1.32 bits per heavy atom. The number of ether oxygens (including phenoxy) is 1. The maximum Gasteiger partial charge on any atom is 0.270 e. The van der Waals surface area contributed by atoms with E-state index in [1.165, 1.54) is 22.6 Å². The molecule has 1 saturated heterocycles. The number of rotatable bonds is 5. The molecule has 0 bridgehead atoms. The Kier molecular flexibility index (Phi) is 4.63. The highest BCUT2D eigenvalue weighted by molar-refractivity contribution is 7.89. The minimum Gasteiger partial charge on any atom is -0.472 e. The normalized spacial score (nSPS) is 15.6. The third-order valence-electron chi connectivity index (χ3n) is 3.80. The van der Waals surface area contributed by atoms with E-state index in [9.17, 15) is 18.5 Å². The number of halogens is 1. The molecule has 0 atom stereocenters. The van der Waals surface area contributed by atoms with Crippen LogP contribution in [0, 0.1) is 17.0 Å². The van der Waals surface area contributed by atoms with Crippen molar-refractivity contribution in [2.24, 2.45) is 0 Å². The van der Waals surface area contributed by atoms with Crippen molar-refractivity contribution in [1.82, 2.24) is 9.29 Å². The van der Waals surface area contributed by atoms with Gasteiger partial charge in [0.25, 0.3) is 5.69 Å². The molecule has 1 aliphatic heterocycles. The fourth-order valence-corrected chi connectivity index (χ4v) is 4.25. The maximum atomic E-state index is 12.7. The first-order valence-corrected chi connectivity index (χ1v) is 9.12. The lowest BCUT2D eigenvalue weighted by molar-refractivity contribution is -0.385. The number of hydrogen-bond donors (Lipinski definition) is 0. The molecular formula is C15H14ClN3O5S. The smallest absolute Gasteiger partial charge is 0.270 e. The van der Waals surface area contributed by atoms with E-state index in [2.05, 4.69) is 4.98 Å². The number of pyridine rings is 1. The maximum absolute atomic E-state index is 12.7. The second-order valence-corrected chi connectivity index (χ2v) is 7.93. The van der Waals surface area contributed by atoms with Crippen molar-refractivity contribution in [1.29, 1.82) is 0 Å². The molecule has 0 aliphatic carbocycles. The van der Waals surface area contributed by atoms with Gasteiger partial charge in [-0.15, -0.1) is 0 Å². The number of benzene rings is 1. The Balaban J connectivity index is 1.72. The first-order valence-electron chi connectivity index (χ1n) is 7.31. The van der Waals surface area contributed by atoms with Crippen molar-refractivity contribution in [3.8, 4) is 5.88 Å². The highest BCUT2D eigenvalue weighted by Gasteiger charge is 2.39. The van der Waals surface area contributed by atoms with Gasteiger partial charge in [-0.1, -0.05) is 17.7 Å². The molecule has 0 N–H and O–H groups in total. The molecule has 0 amide bonds. The molecule has 1 fully saturated rings. The summed E-state index contributed by atoms with van der Waals surface area (Å²) in [6.45, 7) is 1.89. The van der Waals surface area contributed by atoms with Gasteiger partial charge in [0.1, 0.15) is 6.10 Å². The Bertz CT molecular complexity index is 911. The molecule has 0 spiro atoms. The van der Waals surface area contributed by atoms with Crippen molar-refractivity contribution < 1.29 is 18.1 Å². The Morgan fingerprint density at radius 3 is 2.64 bits per heavy atom. The second-order valence-electron chi connectivity index (χ2n) is 5.58. The van der Waals surface area contributed by atoms with Gasteiger partial charge in [0.15, 0.2) is 0 Å². The van der Waals surface area contributed by atoms with Crippen molar-refractivity contribution in [2.45, 2.75) is 17.9 Å². The molecule has 1 aromatic carbocycles. The van der Waals surface area contributed by atoms with Crippen LogP contribution in [0.1, 0.15) is 5.56 Å². The second kappa shape index (κ2) is 6.58. The third kappa shape index (κ3) is 3.58. The van der Waals surface area contributed by atoms with Crippen LogP contribution in [0.3, 0.4) is 0 Å². The first-order chi connectivity index (χ1) is 11.8. The number of aromatic nitrogens is 1. The average molecular weight is 384 g/mol. The summed E-state index contributed by atoms with van der Waals surface area (Å²) < 4.78 is 32.1. The van der Waals surface area contributed by atoms with Crippen molar-refractivity contribution in [3.05, 3.63) is 57.2 Å². The van der Waals surface area contributed by atoms with E-state index in [0.29, 0.717) is 16.5 Å². The van der Waals surface area contributed by atoms with Crippen LogP contribution in [-0.4, -0.2) is 41.8 Å². The number of nitro benzene ring substituents is 1. The third-order valence-corrected chi connectivity index (χ3v) is 6.00. The van der Waals surface area contributed by atoms with Crippen LogP contribution >= 0.6 is 11.6 Å². The van der Waals surface area contributed by atoms with E-state index >= 15 is 0 Å². The molecule has 10 heteroatoms. The van der Waals surface area contributed by atoms with Gasteiger partial charge in [0.05, 0.1) is 27.9 Å². The number of hydrogen-bond acceptors (Lipinski definition) is 6. The topological polar surface area (TPSA) is 103 Å². The molecule has 2 aromatic rings. The van der Waals surface area contributed by atoms with Crippen LogP contribution in [0.5, 0.6) is 5.88 Å². The molecule has 0 unspecified atom stereocenters. The summed E-state index contributed by atoms with van der Waals surface area (Å²) in [6, 6.07) is 7.02. The van der Waals surface area contributed by atoms with Crippen LogP contribution < -0.4 is 4.74 Å². The lowest BCUT2D eigenvalue weighted by Gasteiger charge is -2.37. The zero-order valence-electron chi connectivity index (χ0n) is 13.1. The van der Waals surface area contributed by atoms with E-state index in [1.807, 2.05) is 0 Å². The molecular weight excluding hydrogens is 370 g/mol. The van der Waals surface area contributed by atoms with E-state index in [4.69, 9.17) is 16.3 Å². The average Bonchev–Trinajstić information content (AvgIpc) is 2.52. The van der Waals surface area contributed by atoms with Crippen LogP contribution in [0.25, 0.3) is 0 Å². The molecule has 0 radical (unpaired) electrons. The van der Waals surface area contributed by atoms with Crippen LogP contribution in [0.15, 0.2) is 41.4 Å². The monoisotopic (exact) mass is 383 g/mol. The largest absolute Gasteiger partial charge is 0.472 e. The number of sulfonamides is 1. The SMILES string of the molecule is Cc1ccc([N+](=O)[O-])cc1S(=O)(=O)N1CC(Oc2ccc(Cl)cn2)C1. The molecule has 132 valence electrons. The Labute approximate surface area is 149 Å². The van der Waals surface area contributed by atoms with E-state index in [-0.39, 0.29) is 29.8 Å². The highest BCUT2D eigenvalue weighted by Crippen LogP contribution is 2.28. The fraction of sp³-hybridized carbons (Fsp3) is 0.267. The van der Waals surface area contributed by atoms with E-state index < -0.39 is 14.9 Å². The first kappa shape index (κ1) is 17.6. The molecule has 8 nitrogen and oxygen atoms in total. The van der Waals surface area contributed by atoms with Crippen molar-refractivity contribution in [2.75, 3.05) is 13.1 Å². The highest BCUT2D eigenvalue weighted by atomic mass is 35.5. The number of aryl methyl sites for hydroxylation is 1. The summed E-state index contributed by atoms with van der Waals surface area (Å²) >= 11 is 5.74. The van der Waals surface area contributed by atoms with E-state index in [1.54, 1.807) is 19.1 Å². The van der Waals surface area contributed by atoms with Crippen LogP contribution in [0.2, 0.25) is 5.02 Å². The van der Waals surface area contributed by atoms with Gasteiger partial charge in [-0.05, 0) is 18.6 Å². The summed E-state index contributed by atoms with van der Waals surface area (Å²) in [5.74, 6) is 0.359. The van der Waals surface area contributed by atoms with E-state index in [0.717, 1.165) is 6.07 Å². The molecule has 1 aromatic heterocycles. The summed E-state index contributed by atoms with van der Waals surface area (Å²) in [6.07, 6.45) is 1.11. The molecule has 0 saturated carbocycles. The Hall–Kier alpha value is -2.23. The summed E-state index contributed by atoms with van der Waals surface area (Å²) in [7, 11) is -3.81. The number of nitrogens with zero attached hydrogens (tertiary/aromatic N) is 3. The predicted molar refractivity (Wildman–Crippen MR) is 90.3 cm³/mol. The minimum atomic E-state index is -3.81. The van der Waals surface area contributed by atoms with Crippen LogP contribution in [-0.2, 0) is 10.0 Å². The zero-order chi connectivity index (χ0) is 18.2. The van der Waals surface area contributed by atoms with Gasteiger partial charge in [0, 0.05) is 24.4 Å². The van der Waals surface area contributed by atoms with Gasteiger partial charge >= 0.3 is 0 Å². The van der Waals surface area contributed by atoms with Gasteiger partial charge < -0.3 is 4.74 Å². The lowest BCUT2D eigenvalue weighted by atomic mass is 10.2. The predicted octanol–water partition coefficient (Wildman–Crippen LogP) is 2.40. The summed E-state index contributed by atoms with van der Waals surface area (Å²) in [5, 5.41) is 11.4. The van der Waals surface area contributed by atoms with Crippen molar-refractivity contribution in [3.63, 3.8) is 0 Å². The molecule has 25 heavy (non-hydrogen) atoms. The van der Waals surface area contributed by atoms with Gasteiger partial charge in [-0.25, -0.2) is 13.4 Å². The quantitative estimate of drug-likeness (QED) is 0.580.